The standard InChI is InChI=1S/C14H18F3NO2/c15-14(16,17)20-13-5-3-11(4-6-13)8-18-7-1-2-12(9-18)10-19/h3-6,12,19H,1-2,7-10H2. The van der Waals surface area contributed by atoms with Gasteiger partial charge in [0.05, 0.1) is 0 Å². The van der Waals surface area contributed by atoms with Gasteiger partial charge in [0.2, 0.25) is 0 Å². The first kappa shape index (κ1) is 15.1. The van der Waals surface area contributed by atoms with Gasteiger partial charge in [0.1, 0.15) is 5.75 Å². The molecule has 1 N–H and O–H groups in total. The normalized spacial score (nSPS) is 20.9. The van der Waals surface area contributed by atoms with E-state index in [1.165, 1.54) is 12.1 Å². The maximum Gasteiger partial charge on any atom is 0.573 e. The number of nitrogens with zero attached hydrogens (tertiary/aromatic N) is 1. The smallest absolute Gasteiger partial charge is 0.406 e. The van der Waals surface area contributed by atoms with Gasteiger partial charge in [-0.15, -0.1) is 13.2 Å². The highest BCUT2D eigenvalue weighted by Gasteiger charge is 2.31. The van der Waals surface area contributed by atoms with Crippen molar-refractivity contribution in [2.45, 2.75) is 25.7 Å². The molecule has 0 saturated carbocycles. The van der Waals surface area contributed by atoms with Crippen molar-refractivity contribution in [2.24, 2.45) is 5.92 Å². The van der Waals surface area contributed by atoms with Crippen LogP contribution in [0.5, 0.6) is 5.75 Å². The van der Waals surface area contributed by atoms with E-state index in [2.05, 4.69) is 9.64 Å². The van der Waals surface area contributed by atoms with Crippen LogP contribution in [0.2, 0.25) is 0 Å². The zero-order valence-corrected chi connectivity index (χ0v) is 11.1. The summed E-state index contributed by atoms with van der Waals surface area (Å²) < 4.78 is 40.0. The highest BCUT2D eigenvalue weighted by atomic mass is 19.4. The lowest BCUT2D eigenvalue weighted by Gasteiger charge is -2.31. The van der Waals surface area contributed by atoms with E-state index in [-0.39, 0.29) is 12.4 Å². The lowest BCUT2D eigenvalue weighted by molar-refractivity contribution is -0.274. The van der Waals surface area contributed by atoms with Gasteiger partial charge in [0, 0.05) is 19.7 Å². The summed E-state index contributed by atoms with van der Waals surface area (Å²) in [5.74, 6) is 0.102. The topological polar surface area (TPSA) is 32.7 Å². The second kappa shape index (κ2) is 6.45. The highest BCUT2D eigenvalue weighted by Crippen LogP contribution is 2.24. The first-order valence-electron chi connectivity index (χ1n) is 6.64. The van der Waals surface area contributed by atoms with Gasteiger partial charge in [-0.2, -0.15) is 0 Å². The summed E-state index contributed by atoms with van der Waals surface area (Å²) in [5, 5.41) is 9.17. The Morgan fingerprint density at radius 1 is 1.25 bits per heavy atom. The minimum atomic E-state index is -4.65. The van der Waals surface area contributed by atoms with Crippen LogP contribution in [0.1, 0.15) is 18.4 Å². The monoisotopic (exact) mass is 289 g/mol. The first-order chi connectivity index (χ1) is 9.46. The van der Waals surface area contributed by atoms with Crippen LogP contribution < -0.4 is 4.74 Å². The number of piperidine rings is 1. The third-order valence-corrected chi connectivity index (χ3v) is 3.42. The molecule has 3 nitrogen and oxygen atoms in total. The molecule has 1 aromatic rings. The summed E-state index contributed by atoms with van der Waals surface area (Å²) in [7, 11) is 0. The molecule has 0 radical (unpaired) electrons. The number of hydrogen-bond acceptors (Lipinski definition) is 3. The van der Waals surface area contributed by atoms with Crippen LogP contribution in [0, 0.1) is 5.92 Å². The number of aliphatic hydroxyl groups is 1. The second-order valence-corrected chi connectivity index (χ2v) is 5.12. The van der Waals surface area contributed by atoms with Crippen molar-refractivity contribution in [1.82, 2.24) is 4.90 Å². The Morgan fingerprint density at radius 3 is 2.55 bits per heavy atom. The zero-order valence-electron chi connectivity index (χ0n) is 11.1. The molecule has 1 fully saturated rings. The SMILES string of the molecule is OCC1CCCN(Cc2ccc(OC(F)(F)F)cc2)C1. The van der Waals surface area contributed by atoms with E-state index in [4.69, 9.17) is 5.11 Å². The molecule has 1 heterocycles. The Hall–Kier alpha value is -1.27. The fourth-order valence-corrected chi connectivity index (χ4v) is 2.50. The molecule has 1 unspecified atom stereocenters. The molecule has 1 saturated heterocycles. The molecule has 0 aromatic heterocycles. The average molecular weight is 289 g/mol. The van der Waals surface area contributed by atoms with E-state index in [0.29, 0.717) is 12.5 Å². The van der Waals surface area contributed by atoms with Crippen molar-refractivity contribution in [2.75, 3.05) is 19.7 Å². The van der Waals surface area contributed by atoms with Crippen LogP contribution in [-0.4, -0.2) is 36.1 Å². The van der Waals surface area contributed by atoms with Gasteiger partial charge in [-0.3, -0.25) is 4.90 Å². The fraction of sp³-hybridized carbons (Fsp3) is 0.571. The van der Waals surface area contributed by atoms with Crippen molar-refractivity contribution >= 4 is 0 Å². The van der Waals surface area contributed by atoms with E-state index in [1.54, 1.807) is 12.1 Å². The maximum absolute atomic E-state index is 12.0. The number of halogens is 3. The van der Waals surface area contributed by atoms with Crippen molar-refractivity contribution in [3.8, 4) is 5.75 Å². The van der Waals surface area contributed by atoms with E-state index in [9.17, 15) is 13.2 Å². The van der Waals surface area contributed by atoms with Crippen molar-refractivity contribution in [3.05, 3.63) is 29.8 Å². The molecule has 1 aliphatic heterocycles. The largest absolute Gasteiger partial charge is 0.573 e. The molecule has 6 heteroatoms. The molecular formula is C14H18F3NO2. The van der Waals surface area contributed by atoms with Crippen LogP contribution in [-0.2, 0) is 6.54 Å². The van der Waals surface area contributed by atoms with Crippen molar-refractivity contribution in [1.29, 1.82) is 0 Å². The zero-order chi connectivity index (χ0) is 14.6. The van der Waals surface area contributed by atoms with Gasteiger partial charge < -0.3 is 9.84 Å². The summed E-state index contributed by atoms with van der Waals surface area (Å²) in [6, 6.07) is 5.94. The van der Waals surface area contributed by atoms with Crippen LogP contribution >= 0.6 is 0 Å². The predicted octanol–water partition coefficient (Wildman–Crippen LogP) is 2.79. The average Bonchev–Trinajstić information content (AvgIpc) is 2.40. The molecule has 1 atom stereocenters. The summed E-state index contributed by atoms with van der Waals surface area (Å²) in [4.78, 5) is 2.21. The number of aliphatic hydroxyl groups excluding tert-OH is 1. The lowest BCUT2D eigenvalue weighted by atomic mass is 9.98. The summed E-state index contributed by atoms with van der Waals surface area (Å²) in [6.07, 6.45) is -2.57. The van der Waals surface area contributed by atoms with Crippen LogP contribution in [0.3, 0.4) is 0 Å². The van der Waals surface area contributed by atoms with Crippen LogP contribution in [0.4, 0.5) is 13.2 Å². The number of benzene rings is 1. The van der Waals surface area contributed by atoms with Gasteiger partial charge in [-0.05, 0) is 43.0 Å². The number of ether oxygens (including phenoxy) is 1. The number of alkyl halides is 3. The van der Waals surface area contributed by atoms with E-state index >= 15 is 0 Å². The minimum absolute atomic E-state index is 0.189. The molecule has 0 aliphatic carbocycles. The van der Waals surface area contributed by atoms with Gasteiger partial charge >= 0.3 is 6.36 Å². The molecule has 0 amide bonds. The number of hydrogen-bond donors (Lipinski definition) is 1. The molecule has 2 rings (SSSR count). The minimum Gasteiger partial charge on any atom is -0.406 e. The Bertz CT molecular complexity index is 419. The van der Waals surface area contributed by atoms with Gasteiger partial charge in [0.15, 0.2) is 0 Å². The van der Waals surface area contributed by atoms with Gasteiger partial charge in [0.25, 0.3) is 0 Å². The third-order valence-electron chi connectivity index (χ3n) is 3.42. The Kier molecular flexibility index (Phi) is 4.88. The molecule has 0 spiro atoms. The maximum atomic E-state index is 12.0. The van der Waals surface area contributed by atoms with Crippen molar-refractivity contribution in [3.63, 3.8) is 0 Å². The van der Waals surface area contributed by atoms with Gasteiger partial charge in [-0.1, -0.05) is 12.1 Å². The second-order valence-electron chi connectivity index (χ2n) is 5.12. The molecule has 1 aromatic carbocycles. The Morgan fingerprint density at radius 2 is 1.95 bits per heavy atom. The molecule has 112 valence electrons. The van der Waals surface area contributed by atoms with E-state index in [0.717, 1.165) is 31.5 Å². The van der Waals surface area contributed by atoms with Crippen molar-refractivity contribution < 1.29 is 23.0 Å². The lowest BCUT2D eigenvalue weighted by Crippen LogP contribution is -2.36. The number of rotatable bonds is 4. The van der Waals surface area contributed by atoms with E-state index < -0.39 is 6.36 Å². The highest BCUT2D eigenvalue weighted by molar-refractivity contribution is 5.27. The Labute approximate surface area is 116 Å². The van der Waals surface area contributed by atoms with Crippen LogP contribution in [0.25, 0.3) is 0 Å². The molecule has 20 heavy (non-hydrogen) atoms. The summed E-state index contributed by atoms with van der Waals surface area (Å²) >= 11 is 0. The van der Waals surface area contributed by atoms with E-state index in [1.807, 2.05) is 0 Å². The van der Waals surface area contributed by atoms with Crippen LogP contribution in [0.15, 0.2) is 24.3 Å². The quantitative estimate of drug-likeness (QED) is 0.925. The molecule has 0 bridgehead atoms. The summed E-state index contributed by atoms with van der Waals surface area (Å²) in [5.41, 5.74) is 0.943. The fourth-order valence-electron chi connectivity index (χ4n) is 2.50. The third kappa shape index (κ3) is 4.68. The summed E-state index contributed by atoms with van der Waals surface area (Å²) in [6.45, 7) is 2.66. The molecular weight excluding hydrogens is 271 g/mol. The molecule has 1 aliphatic rings. The first-order valence-corrected chi connectivity index (χ1v) is 6.64. The number of likely N-dealkylation sites (tertiary alicyclic amines) is 1. The predicted molar refractivity (Wildman–Crippen MR) is 68.2 cm³/mol. The van der Waals surface area contributed by atoms with Gasteiger partial charge in [-0.25, -0.2) is 0 Å². The Balaban J connectivity index is 1.90.